The lowest BCUT2D eigenvalue weighted by atomic mass is 10.0. The first kappa shape index (κ1) is 23.2. The number of aliphatic hydroxyl groups excluding tert-OH is 1. The molecule has 0 saturated carbocycles. The summed E-state index contributed by atoms with van der Waals surface area (Å²) in [5.41, 5.74) is 0. The summed E-state index contributed by atoms with van der Waals surface area (Å²) in [6.45, 7) is 4.00. The van der Waals surface area contributed by atoms with Crippen LogP contribution in [0.15, 0.2) is 18.7 Å². The predicted molar refractivity (Wildman–Crippen MR) is 108 cm³/mol. The van der Waals surface area contributed by atoms with Crippen LogP contribution in [0.1, 0.15) is 103 Å². The average Bonchev–Trinajstić information content (AvgIpc) is 3.08. The molecule has 1 aromatic rings. The van der Waals surface area contributed by atoms with E-state index in [2.05, 4.69) is 24.0 Å². The van der Waals surface area contributed by atoms with Gasteiger partial charge in [-0.15, -0.1) is 0 Å². The van der Waals surface area contributed by atoms with Gasteiger partial charge in [0.2, 0.25) is 6.33 Å². The first-order valence-corrected chi connectivity index (χ1v) is 11.1. The molecule has 0 bridgehead atoms. The zero-order chi connectivity index (χ0) is 18.9. The van der Waals surface area contributed by atoms with Crippen LogP contribution in [-0.4, -0.2) is 21.1 Å². The van der Waals surface area contributed by atoms with Crippen molar-refractivity contribution >= 4 is 0 Å². The average molecular weight is 368 g/mol. The molecule has 0 aliphatic heterocycles. The zero-order valence-electron chi connectivity index (χ0n) is 17.1. The molecule has 1 aromatic heterocycles. The van der Waals surface area contributed by atoms with E-state index in [0.717, 1.165) is 6.54 Å². The summed E-state index contributed by atoms with van der Waals surface area (Å²) in [5.74, 6) is 0. The Balaban J connectivity index is 1.83. The standard InChI is InChI=1S/C22H43N2O2/c1-2-3-4-5-6-7-8-9-10-11-12-13-14-15-17-23-19-20-24(21-23)18-16-22(25)26/h19-22,25-26H,2-18H2,1H3/q+1. The summed E-state index contributed by atoms with van der Waals surface area (Å²) in [5, 5.41) is 17.8. The number of hydrogen-bond donors (Lipinski definition) is 2. The number of aromatic nitrogens is 2. The van der Waals surface area contributed by atoms with E-state index in [1.807, 2.05) is 10.8 Å². The van der Waals surface area contributed by atoms with Gasteiger partial charge in [-0.1, -0.05) is 84.0 Å². The van der Waals surface area contributed by atoms with Gasteiger partial charge in [0.1, 0.15) is 12.4 Å². The number of hydrogen-bond acceptors (Lipinski definition) is 2. The first-order chi connectivity index (χ1) is 12.7. The highest BCUT2D eigenvalue weighted by Gasteiger charge is 2.05. The van der Waals surface area contributed by atoms with Crippen molar-refractivity contribution in [1.82, 2.24) is 4.57 Å². The third-order valence-electron chi connectivity index (χ3n) is 5.16. The lowest BCUT2D eigenvalue weighted by molar-refractivity contribution is -0.696. The largest absolute Gasteiger partial charge is 0.368 e. The molecule has 0 radical (unpaired) electrons. The number of aryl methyl sites for hydroxylation is 2. The van der Waals surface area contributed by atoms with Crippen LogP contribution in [0.2, 0.25) is 0 Å². The van der Waals surface area contributed by atoms with E-state index in [-0.39, 0.29) is 0 Å². The summed E-state index contributed by atoms with van der Waals surface area (Å²) in [7, 11) is 0. The second-order valence-electron chi connectivity index (χ2n) is 7.75. The molecular formula is C22H43N2O2+. The number of imidazole rings is 1. The molecule has 26 heavy (non-hydrogen) atoms. The molecule has 0 spiro atoms. The minimum absolute atomic E-state index is 0.382. The molecular weight excluding hydrogens is 324 g/mol. The lowest BCUT2D eigenvalue weighted by Gasteiger charge is -2.03. The maximum Gasteiger partial charge on any atom is 0.243 e. The van der Waals surface area contributed by atoms with Gasteiger partial charge in [-0.25, -0.2) is 9.13 Å². The van der Waals surface area contributed by atoms with Gasteiger partial charge in [0, 0.05) is 6.42 Å². The second-order valence-corrected chi connectivity index (χ2v) is 7.75. The van der Waals surface area contributed by atoms with Crippen molar-refractivity contribution in [2.75, 3.05) is 0 Å². The van der Waals surface area contributed by atoms with Gasteiger partial charge in [0.15, 0.2) is 6.29 Å². The van der Waals surface area contributed by atoms with E-state index in [1.54, 1.807) is 0 Å². The SMILES string of the molecule is CCCCCCCCCCCCCCCC[n+]1ccn(CCC(O)O)c1. The normalized spacial score (nSPS) is 11.5. The fourth-order valence-electron chi connectivity index (χ4n) is 3.46. The van der Waals surface area contributed by atoms with Crippen LogP contribution in [0.25, 0.3) is 0 Å². The third-order valence-corrected chi connectivity index (χ3v) is 5.16. The maximum atomic E-state index is 8.90. The fourth-order valence-corrected chi connectivity index (χ4v) is 3.46. The summed E-state index contributed by atoms with van der Waals surface area (Å²) >= 11 is 0. The molecule has 1 heterocycles. The Hall–Kier alpha value is -0.870. The van der Waals surface area contributed by atoms with E-state index in [4.69, 9.17) is 10.2 Å². The van der Waals surface area contributed by atoms with E-state index in [9.17, 15) is 0 Å². The third kappa shape index (κ3) is 13.3. The molecule has 0 amide bonds. The van der Waals surface area contributed by atoms with Gasteiger partial charge in [-0.2, -0.15) is 0 Å². The topological polar surface area (TPSA) is 49.3 Å². The van der Waals surface area contributed by atoms with Gasteiger partial charge in [0.25, 0.3) is 0 Å². The Bertz CT molecular complexity index is 418. The summed E-state index contributed by atoms with van der Waals surface area (Å²) in [6.07, 6.45) is 24.8. The van der Waals surface area contributed by atoms with E-state index in [1.165, 1.54) is 89.9 Å². The van der Waals surface area contributed by atoms with Gasteiger partial charge >= 0.3 is 0 Å². The molecule has 0 unspecified atom stereocenters. The predicted octanol–water partition coefficient (Wildman–Crippen LogP) is 4.96. The molecule has 2 N–H and O–H groups in total. The Morgan fingerprint density at radius 3 is 1.77 bits per heavy atom. The van der Waals surface area contributed by atoms with Crippen LogP contribution in [0.5, 0.6) is 0 Å². The Morgan fingerprint density at radius 1 is 0.769 bits per heavy atom. The molecule has 152 valence electrons. The first-order valence-electron chi connectivity index (χ1n) is 11.1. The zero-order valence-corrected chi connectivity index (χ0v) is 17.1. The summed E-state index contributed by atoms with van der Waals surface area (Å²) in [6, 6.07) is 0. The van der Waals surface area contributed by atoms with Crippen molar-refractivity contribution in [3.63, 3.8) is 0 Å². The molecule has 0 aromatic carbocycles. The number of rotatable bonds is 18. The van der Waals surface area contributed by atoms with Crippen molar-refractivity contribution in [3.05, 3.63) is 18.7 Å². The van der Waals surface area contributed by atoms with Crippen LogP contribution in [0.3, 0.4) is 0 Å². The van der Waals surface area contributed by atoms with E-state index in [0.29, 0.717) is 13.0 Å². The number of unbranched alkanes of at least 4 members (excludes halogenated alkanes) is 13. The number of nitrogens with zero attached hydrogens (tertiary/aromatic N) is 2. The van der Waals surface area contributed by atoms with Crippen LogP contribution >= 0.6 is 0 Å². The molecule has 4 nitrogen and oxygen atoms in total. The quantitative estimate of drug-likeness (QED) is 0.219. The van der Waals surface area contributed by atoms with Crippen LogP contribution in [-0.2, 0) is 13.1 Å². The van der Waals surface area contributed by atoms with Gasteiger partial charge in [-0.3, -0.25) is 0 Å². The van der Waals surface area contributed by atoms with E-state index < -0.39 is 6.29 Å². The lowest BCUT2D eigenvalue weighted by Crippen LogP contribution is -2.31. The van der Waals surface area contributed by atoms with E-state index >= 15 is 0 Å². The molecule has 0 saturated heterocycles. The monoisotopic (exact) mass is 367 g/mol. The van der Waals surface area contributed by atoms with Gasteiger partial charge in [0.05, 0.1) is 13.1 Å². The highest BCUT2D eigenvalue weighted by Crippen LogP contribution is 2.12. The Kier molecular flexibility index (Phi) is 14.5. The molecule has 0 aliphatic rings. The molecule has 0 aliphatic carbocycles. The van der Waals surface area contributed by atoms with Gasteiger partial charge in [-0.05, 0) is 12.8 Å². The summed E-state index contributed by atoms with van der Waals surface area (Å²) < 4.78 is 4.22. The molecule has 0 atom stereocenters. The molecule has 4 heteroatoms. The minimum Gasteiger partial charge on any atom is -0.368 e. The van der Waals surface area contributed by atoms with Crippen LogP contribution in [0.4, 0.5) is 0 Å². The highest BCUT2D eigenvalue weighted by atomic mass is 16.5. The van der Waals surface area contributed by atoms with Crippen molar-refractivity contribution in [2.45, 2.75) is 123 Å². The number of aliphatic hydroxyl groups is 2. The Morgan fingerprint density at radius 2 is 1.27 bits per heavy atom. The Labute approximate surface area is 161 Å². The van der Waals surface area contributed by atoms with Gasteiger partial charge < -0.3 is 10.2 Å². The van der Waals surface area contributed by atoms with Crippen molar-refractivity contribution in [3.8, 4) is 0 Å². The minimum atomic E-state index is -1.21. The van der Waals surface area contributed by atoms with Crippen molar-refractivity contribution in [1.29, 1.82) is 0 Å². The van der Waals surface area contributed by atoms with Crippen LogP contribution < -0.4 is 4.57 Å². The second kappa shape index (κ2) is 16.3. The van der Waals surface area contributed by atoms with Crippen LogP contribution in [0, 0.1) is 0 Å². The molecule has 1 rings (SSSR count). The maximum absolute atomic E-state index is 8.90. The van der Waals surface area contributed by atoms with Crippen molar-refractivity contribution in [2.24, 2.45) is 0 Å². The fraction of sp³-hybridized carbons (Fsp3) is 0.864. The summed E-state index contributed by atoms with van der Waals surface area (Å²) in [4.78, 5) is 0. The smallest absolute Gasteiger partial charge is 0.243 e. The van der Waals surface area contributed by atoms with Crippen molar-refractivity contribution < 1.29 is 14.8 Å². The molecule has 0 fully saturated rings. The highest BCUT2D eigenvalue weighted by molar-refractivity contribution is 4.66.